The van der Waals surface area contributed by atoms with Crippen LogP contribution in [0, 0.1) is 0 Å². The monoisotopic (exact) mass is 237 g/mol. The van der Waals surface area contributed by atoms with E-state index in [4.69, 9.17) is 15.2 Å². The molecule has 2 rings (SSSR count). The van der Waals surface area contributed by atoms with Crippen molar-refractivity contribution in [1.82, 2.24) is 9.97 Å². The first-order valence-corrected chi connectivity index (χ1v) is 5.41. The highest BCUT2D eigenvalue weighted by atomic mass is 32.1. The summed E-state index contributed by atoms with van der Waals surface area (Å²) in [5, 5.41) is 2.37. The van der Waals surface area contributed by atoms with Crippen molar-refractivity contribution in [3.63, 3.8) is 0 Å². The molecule has 6 heteroatoms. The van der Waals surface area contributed by atoms with Crippen LogP contribution >= 0.6 is 11.3 Å². The Hall–Kier alpha value is -1.82. The van der Waals surface area contributed by atoms with Crippen molar-refractivity contribution >= 4 is 16.5 Å². The summed E-state index contributed by atoms with van der Waals surface area (Å²) in [6.07, 6.45) is 3.24. The first kappa shape index (κ1) is 10.7. The molecule has 16 heavy (non-hydrogen) atoms. The molecule has 0 saturated carbocycles. The zero-order valence-electron chi connectivity index (χ0n) is 8.93. The Kier molecular flexibility index (Phi) is 2.91. The Morgan fingerprint density at radius 1 is 1.19 bits per heavy atom. The third kappa shape index (κ3) is 1.79. The van der Waals surface area contributed by atoms with Crippen LogP contribution in [0.3, 0.4) is 0 Å². The second-order valence-electron chi connectivity index (χ2n) is 2.99. The molecule has 0 bridgehead atoms. The summed E-state index contributed by atoms with van der Waals surface area (Å²) in [6.45, 7) is 0. The predicted octanol–water partition coefficient (Wildman–Crippen LogP) is 1.80. The van der Waals surface area contributed by atoms with E-state index in [1.54, 1.807) is 26.6 Å². The van der Waals surface area contributed by atoms with E-state index in [0.717, 1.165) is 11.3 Å². The maximum absolute atomic E-state index is 5.61. The fraction of sp³-hybridized carbons (Fsp3) is 0.200. The number of pyridine rings is 1. The molecule has 2 aromatic heterocycles. The number of methoxy groups -OCH3 is 2. The molecule has 0 atom stereocenters. The summed E-state index contributed by atoms with van der Waals surface area (Å²) in [7, 11) is 3.16. The van der Waals surface area contributed by atoms with Gasteiger partial charge in [0.05, 0.1) is 37.9 Å². The SMILES string of the molecule is COc1cncc(OC)c1-c1csc(N)n1. The molecule has 5 nitrogen and oxygen atoms in total. The van der Waals surface area contributed by atoms with Crippen molar-refractivity contribution in [3.8, 4) is 22.8 Å². The summed E-state index contributed by atoms with van der Waals surface area (Å²) in [5.41, 5.74) is 7.12. The van der Waals surface area contributed by atoms with Crippen molar-refractivity contribution in [2.75, 3.05) is 20.0 Å². The molecule has 0 aromatic carbocycles. The van der Waals surface area contributed by atoms with E-state index in [2.05, 4.69) is 9.97 Å². The number of anilines is 1. The van der Waals surface area contributed by atoms with Crippen LogP contribution in [0.1, 0.15) is 0 Å². The van der Waals surface area contributed by atoms with Crippen LogP contribution in [0.4, 0.5) is 5.13 Å². The van der Waals surface area contributed by atoms with Gasteiger partial charge in [-0.1, -0.05) is 0 Å². The van der Waals surface area contributed by atoms with Crippen molar-refractivity contribution in [2.24, 2.45) is 0 Å². The van der Waals surface area contributed by atoms with Crippen LogP contribution in [0.2, 0.25) is 0 Å². The molecule has 0 aliphatic rings. The first-order chi connectivity index (χ1) is 7.76. The van der Waals surface area contributed by atoms with Crippen LogP contribution in [0.5, 0.6) is 11.5 Å². The largest absolute Gasteiger partial charge is 0.494 e. The molecule has 0 saturated heterocycles. The smallest absolute Gasteiger partial charge is 0.180 e. The predicted molar refractivity (Wildman–Crippen MR) is 62.9 cm³/mol. The summed E-state index contributed by atoms with van der Waals surface area (Å²) >= 11 is 1.37. The lowest BCUT2D eigenvalue weighted by atomic mass is 10.2. The maximum Gasteiger partial charge on any atom is 0.180 e. The maximum atomic E-state index is 5.61. The van der Waals surface area contributed by atoms with Gasteiger partial charge in [-0.15, -0.1) is 11.3 Å². The van der Waals surface area contributed by atoms with Crippen LogP contribution in [-0.4, -0.2) is 24.2 Å². The van der Waals surface area contributed by atoms with Crippen molar-refractivity contribution in [2.45, 2.75) is 0 Å². The Morgan fingerprint density at radius 2 is 1.81 bits per heavy atom. The second kappa shape index (κ2) is 4.36. The number of nitrogen functional groups attached to an aromatic ring is 1. The molecule has 2 N–H and O–H groups in total. The highest BCUT2D eigenvalue weighted by Gasteiger charge is 2.15. The molecule has 0 spiro atoms. The van der Waals surface area contributed by atoms with Gasteiger partial charge >= 0.3 is 0 Å². The third-order valence-electron chi connectivity index (χ3n) is 2.09. The molecule has 0 fully saturated rings. The highest BCUT2D eigenvalue weighted by molar-refractivity contribution is 7.13. The Labute approximate surface area is 96.9 Å². The third-order valence-corrected chi connectivity index (χ3v) is 2.77. The summed E-state index contributed by atoms with van der Waals surface area (Å²) in [5.74, 6) is 1.23. The summed E-state index contributed by atoms with van der Waals surface area (Å²) in [4.78, 5) is 8.22. The van der Waals surface area contributed by atoms with E-state index < -0.39 is 0 Å². The molecule has 2 heterocycles. The molecule has 0 amide bonds. The zero-order chi connectivity index (χ0) is 11.5. The van der Waals surface area contributed by atoms with Crippen molar-refractivity contribution < 1.29 is 9.47 Å². The van der Waals surface area contributed by atoms with Crippen LogP contribution in [0.15, 0.2) is 17.8 Å². The fourth-order valence-electron chi connectivity index (χ4n) is 1.39. The van der Waals surface area contributed by atoms with Gasteiger partial charge in [0.2, 0.25) is 0 Å². The van der Waals surface area contributed by atoms with Gasteiger partial charge in [-0.2, -0.15) is 0 Å². The Balaban J connectivity index is 2.60. The minimum absolute atomic E-state index is 0.510. The van der Waals surface area contributed by atoms with Crippen LogP contribution < -0.4 is 15.2 Å². The van der Waals surface area contributed by atoms with E-state index >= 15 is 0 Å². The van der Waals surface area contributed by atoms with E-state index in [9.17, 15) is 0 Å². The molecule has 0 unspecified atom stereocenters. The number of aromatic nitrogens is 2. The van der Waals surface area contributed by atoms with Gasteiger partial charge in [0, 0.05) is 5.38 Å². The summed E-state index contributed by atoms with van der Waals surface area (Å²) in [6, 6.07) is 0. The average molecular weight is 237 g/mol. The lowest BCUT2D eigenvalue weighted by molar-refractivity contribution is 0.394. The van der Waals surface area contributed by atoms with Crippen molar-refractivity contribution in [1.29, 1.82) is 0 Å². The van der Waals surface area contributed by atoms with Gasteiger partial charge in [0.1, 0.15) is 11.5 Å². The minimum Gasteiger partial charge on any atom is -0.494 e. The summed E-state index contributed by atoms with van der Waals surface area (Å²) < 4.78 is 10.5. The van der Waals surface area contributed by atoms with Gasteiger partial charge < -0.3 is 15.2 Å². The topological polar surface area (TPSA) is 70.3 Å². The van der Waals surface area contributed by atoms with Gasteiger partial charge in [-0.25, -0.2) is 4.98 Å². The number of hydrogen-bond donors (Lipinski definition) is 1. The lowest BCUT2D eigenvalue weighted by Crippen LogP contribution is -1.94. The molecule has 0 radical (unpaired) electrons. The number of ether oxygens (including phenoxy) is 2. The van der Waals surface area contributed by atoms with Gasteiger partial charge in [-0.3, -0.25) is 4.98 Å². The molecule has 0 aliphatic heterocycles. The quantitative estimate of drug-likeness (QED) is 0.881. The standard InChI is InChI=1S/C10H11N3O2S/c1-14-7-3-12-4-8(15-2)9(7)6-5-16-10(11)13-6/h3-5H,1-2H3,(H2,11,13). The first-order valence-electron chi connectivity index (χ1n) is 4.53. The Bertz CT molecular complexity index is 476. The molecule has 0 aliphatic carbocycles. The zero-order valence-corrected chi connectivity index (χ0v) is 9.75. The van der Waals surface area contributed by atoms with E-state index in [0.29, 0.717) is 16.6 Å². The molecule has 84 valence electrons. The van der Waals surface area contributed by atoms with Crippen molar-refractivity contribution in [3.05, 3.63) is 17.8 Å². The van der Waals surface area contributed by atoms with Gasteiger partial charge in [-0.05, 0) is 0 Å². The minimum atomic E-state index is 0.510. The van der Waals surface area contributed by atoms with Crippen LogP contribution in [-0.2, 0) is 0 Å². The average Bonchev–Trinajstić information content (AvgIpc) is 2.74. The van der Waals surface area contributed by atoms with Gasteiger partial charge in [0.15, 0.2) is 5.13 Å². The normalized spacial score (nSPS) is 10.1. The highest BCUT2D eigenvalue weighted by Crippen LogP contribution is 2.37. The lowest BCUT2D eigenvalue weighted by Gasteiger charge is -2.09. The van der Waals surface area contributed by atoms with Crippen LogP contribution in [0.25, 0.3) is 11.3 Å². The number of thiazole rings is 1. The Morgan fingerprint density at radius 3 is 2.25 bits per heavy atom. The van der Waals surface area contributed by atoms with E-state index in [1.165, 1.54) is 11.3 Å². The molecule has 2 aromatic rings. The molecular formula is C10H11N3O2S. The number of hydrogen-bond acceptors (Lipinski definition) is 6. The number of rotatable bonds is 3. The van der Waals surface area contributed by atoms with E-state index in [-0.39, 0.29) is 0 Å². The fourth-order valence-corrected chi connectivity index (χ4v) is 1.94. The van der Waals surface area contributed by atoms with E-state index in [1.807, 2.05) is 5.38 Å². The number of nitrogens with two attached hydrogens (primary N) is 1. The van der Waals surface area contributed by atoms with Gasteiger partial charge in [0.25, 0.3) is 0 Å². The second-order valence-corrected chi connectivity index (χ2v) is 3.88. The molecular weight excluding hydrogens is 226 g/mol. The number of nitrogens with zero attached hydrogens (tertiary/aromatic N) is 2.